The summed E-state index contributed by atoms with van der Waals surface area (Å²) >= 11 is 5.97. The average Bonchev–Trinajstić information content (AvgIpc) is 2.67. The van der Waals surface area contributed by atoms with E-state index in [1.165, 1.54) is 0 Å². The first kappa shape index (κ1) is 14.6. The molecule has 0 amide bonds. The molecule has 1 aliphatic rings. The summed E-state index contributed by atoms with van der Waals surface area (Å²) in [5, 5.41) is 2.12. The van der Waals surface area contributed by atoms with Crippen LogP contribution in [0.5, 0.6) is 0 Å². The highest BCUT2D eigenvalue weighted by molar-refractivity contribution is 7.91. The minimum absolute atomic E-state index is 0.195. The lowest BCUT2D eigenvalue weighted by molar-refractivity contribution is 0.597. The topological polar surface area (TPSA) is 50.3 Å². The van der Waals surface area contributed by atoms with Crippen LogP contribution in [0.25, 0.3) is 10.8 Å². The molecule has 0 unspecified atom stereocenters. The highest BCUT2D eigenvalue weighted by atomic mass is 35.5. The predicted octanol–water partition coefficient (Wildman–Crippen LogP) is 2.60. The maximum atomic E-state index is 11.7. The Bertz CT molecular complexity index is 761. The van der Waals surface area contributed by atoms with E-state index < -0.39 is 9.84 Å². The molecule has 2 aromatic rings. The largest absolute Gasteiger partial charge is 0.355 e. The molecule has 21 heavy (non-hydrogen) atoms. The van der Waals surface area contributed by atoms with Crippen LogP contribution in [0.15, 0.2) is 30.5 Å². The van der Waals surface area contributed by atoms with Crippen LogP contribution in [0.2, 0.25) is 0 Å². The number of aromatic nitrogens is 1. The third-order valence-electron chi connectivity index (χ3n) is 3.86. The van der Waals surface area contributed by atoms with Gasteiger partial charge in [0.05, 0.1) is 11.5 Å². The molecule has 6 heteroatoms. The molecular weight excluding hydrogens is 308 g/mol. The summed E-state index contributed by atoms with van der Waals surface area (Å²) in [4.78, 5) is 6.61. The molecule has 0 atom stereocenters. The quantitative estimate of drug-likeness (QED) is 0.797. The molecular formula is C15H17ClN2O2S. The number of fused-ring (bicyclic) bond motifs is 1. The van der Waals surface area contributed by atoms with Gasteiger partial charge in [0, 0.05) is 30.6 Å². The fourth-order valence-electron chi connectivity index (χ4n) is 2.75. The zero-order valence-corrected chi connectivity index (χ0v) is 13.2. The van der Waals surface area contributed by atoms with E-state index >= 15 is 0 Å². The number of hydrogen-bond acceptors (Lipinski definition) is 4. The number of rotatable bonds is 2. The second-order valence-corrected chi connectivity index (χ2v) is 7.85. The van der Waals surface area contributed by atoms with E-state index in [0.29, 0.717) is 18.8 Å². The molecule has 3 rings (SSSR count). The van der Waals surface area contributed by atoms with E-state index in [2.05, 4.69) is 9.88 Å². The van der Waals surface area contributed by atoms with Gasteiger partial charge in [-0.25, -0.2) is 13.4 Å². The van der Waals surface area contributed by atoms with Crippen molar-refractivity contribution >= 4 is 38.0 Å². The second-order valence-electron chi connectivity index (χ2n) is 5.28. The van der Waals surface area contributed by atoms with E-state index in [-0.39, 0.29) is 11.5 Å². The van der Waals surface area contributed by atoms with Gasteiger partial charge >= 0.3 is 0 Å². The van der Waals surface area contributed by atoms with E-state index in [1.807, 2.05) is 24.3 Å². The standard InChI is InChI=1S/C15H17ClN2O2S/c16-10-12-11-17-15(14-5-2-1-4-13(12)14)18-6-3-8-21(19,20)9-7-18/h1-2,4-5,11H,3,6-10H2. The van der Waals surface area contributed by atoms with Crippen LogP contribution < -0.4 is 4.90 Å². The smallest absolute Gasteiger partial charge is 0.152 e. The number of anilines is 1. The first-order chi connectivity index (χ1) is 10.1. The van der Waals surface area contributed by atoms with Crippen LogP contribution in [0, 0.1) is 0 Å². The van der Waals surface area contributed by atoms with Gasteiger partial charge in [-0.05, 0) is 17.4 Å². The molecule has 0 spiro atoms. The fourth-order valence-corrected chi connectivity index (χ4v) is 4.23. The number of halogens is 1. The van der Waals surface area contributed by atoms with Crippen LogP contribution in [0.4, 0.5) is 5.82 Å². The van der Waals surface area contributed by atoms with Crippen molar-refractivity contribution in [3.63, 3.8) is 0 Å². The summed E-state index contributed by atoms with van der Waals surface area (Å²) in [6.07, 6.45) is 2.44. The lowest BCUT2D eigenvalue weighted by Crippen LogP contribution is -2.27. The van der Waals surface area contributed by atoms with Gasteiger partial charge in [-0.2, -0.15) is 0 Å². The Balaban J connectivity index is 2.05. The number of pyridine rings is 1. The Morgan fingerprint density at radius 2 is 1.90 bits per heavy atom. The lowest BCUT2D eigenvalue weighted by Gasteiger charge is -2.23. The summed E-state index contributed by atoms with van der Waals surface area (Å²) < 4.78 is 23.5. The number of hydrogen-bond donors (Lipinski definition) is 0. The molecule has 0 aliphatic carbocycles. The molecule has 0 saturated carbocycles. The Kier molecular flexibility index (Phi) is 4.04. The van der Waals surface area contributed by atoms with E-state index in [0.717, 1.165) is 28.7 Å². The Morgan fingerprint density at radius 3 is 2.67 bits per heavy atom. The molecule has 2 heterocycles. The molecule has 1 aliphatic heterocycles. The minimum atomic E-state index is -2.92. The monoisotopic (exact) mass is 324 g/mol. The number of alkyl halides is 1. The third-order valence-corrected chi connectivity index (χ3v) is 5.86. The summed E-state index contributed by atoms with van der Waals surface area (Å²) in [5.41, 5.74) is 0.999. The highest BCUT2D eigenvalue weighted by Gasteiger charge is 2.21. The van der Waals surface area contributed by atoms with Crippen molar-refractivity contribution in [2.75, 3.05) is 29.5 Å². The molecule has 1 aromatic heterocycles. The highest BCUT2D eigenvalue weighted by Crippen LogP contribution is 2.28. The van der Waals surface area contributed by atoms with Gasteiger partial charge in [0.2, 0.25) is 0 Å². The Morgan fingerprint density at radius 1 is 1.14 bits per heavy atom. The number of benzene rings is 1. The summed E-state index contributed by atoms with van der Waals surface area (Å²) in [6.45, 7) is 1.22. The minimum Gasteiger partial charge on any atom is -0.355 e. The number of nitrogens with zero attached hydrogens (tertiary/aromatic N) is 2. The molecule has 0 bridgehead atoms. The van der Waals surface area contributed by atoms with Crippen molar-refractivity contribution in [3.05, 3.63) is 36.0 Å². The fraction of sp³-hybridized carbons (Fsp3) is 0.400. The first-order valence-electron chi connectivity index (χ1n) is 6.99. The van der Waals surface area contributed by atoms with Crippen molar-refractivity contribution in [3.8, 4) is 0 Å². The van der Waals surface area contributed by atoms with Gasteiger partial charge in [0.15, 0.2) is 9.84 Å². The zero-order valence-electron chi connectivity index (χ0n) is 11.6. The number of sulfone groups is 1. The van der Waals surface area contributed by atoms with Crippen LogP contribution >= 0.6 is 11.6 Å². The van der Waals surface area contributed by atoms with Gasteiger partial charge in [-0.1, -0.05) is 24.3 Å². The summed E-state index contributed by atoms with van der Waals surface area (Å²) in [7, 11) is -2.92. The van der Waals surface area contributed by atoms with Crippen molar-refractivity contribution < 1.29 is 8.42 Å². The maximum absolute atomic E-state index is 11.7. The zero-order chi connectivity index (χ0) is 14.9. The Hall–Kier alpha value is -1.33. The molecule has 0 radical (unpaired) electrons. The lowest BCUT2D eigenvalue weighted by atomic mass is 10.1. The van der Waals surface area contributed by atoms with Crippen molar-refractivity contribution in [2.24, 2.45) is 0 Å². The Labute approximate surface area is 129 Å². The van der Waals surface area contributed by atoms with Crippen LogP contribution in [-0.4, -0.2) is 38.0 Å². The molecule has 1 saturated heterocycles. The van der Waals surface area contributed by atoms with Crippen LogP contribution in [-0.2, 0) is 15.7 Å². The van der Waals surface area contributed by atoms with Crippen molar-refractivity contribution in [2.45, 2.75) is 12.3 Å². The maximum Gasteiger partial charge on any atom is 0.152 e. The first-order valence-corrected chi connectivity index (χ1v) is 9.34. The average molecular weight is 325 g/mol. The molecule has 1 fully saturated rings. The van der Waals surface area contributed by atoms with E-state index in [1.54, 1.807) is 6.20 Å². The normalized spacial score (nSPS) is 18.6. The van der Waals surface area contributed by atoms with Gasteiger partial charge in [0.25, 0.3) is 0 Å². The van der Waals surface area contributed by atoms with Crippen molar-refractivity contribution in [1.29, 1.82) is 0 Å². The van der Waals surface area contributed by atoms with Crippen LogP contribution in [0.1, 0.15) is 12.0 Å². The third kappa shape index (κ3) is 2.99. The molecule has 4 nitrogen and oxygen atoms in total. The summed E-state index contributed by atoms with van der Waals surface area (Å²) in [5.74, 6) is 1.74. The van der Waals surface area contributed by atoms with Gasteiger partial charge < -0.3 is 4.90 Å². The van der Waals surface area contributed by atoms with Gasteiger partial charge in [-0.15, -0.1) is 11.6 Å². The second kappa shape index (κ2) is 5.81. The molecule has 1 aromatic carbocycles. The SMILES string of the molecule is O=S1(=O)CCCN(c2ncc(CCl)c3ccccc23)CC1. The van der Waals surface area contributed by atoms with Gasteiger partial charge in [0.1, 0.15) is 5.82 Å². The van der Waals surface area contributed by atoms with Gasteiger partial charge in [-0.3, -0.25) is 0 Å². The van der Waals surface area contributed by atoms with E-state index in [4.69, 9.17) is 11.6 Å². The summed E-state index contributed by atoms with van der Waals surface area (Å²) in [6, 6.07) is 8.01. The predicted molar refractivity (Wildman–Crippen MR) is 86.8 cm³/mol. The molecule has 0 N–H and O–H groups in total. The van der Waals surface area contributed by atoms with Crippen LogP contribution in [0.3, 0.4) is 0 Å². The molecule has 112 valence electrons. The van der Waals surface area contributed by atoms with Crippen molar-refractivity contribution in [1.82, 2.24) is 4.98 Å². The van der Waals surface area contributed by atoms with E-state index in [9.17, 15) is 8.42 Å².